The Labute approximate surface area is 92.6 Å². The molecule has 1 fully saturated rings. The fourth-order valence-electron chi connectivity index (χ4n) is 2.04. The number of nitrogens with two attached hydrogens (primary N) is 1. The van der Waals surface area contributed by atoms with Gasteiger partial charge in [-0.2, -0.15) is 5.26 Å². The molecule has 4 heteroatoms. The molecule has 0 spiro atoms. The lowest BCUT2D eigenvalue weighted by molar-refractivity contribution is 0.0920. The maximum Gasteiger partial charge on any atom is 0.0940 e. The Morgan fingerprint density at radius 1 is 1.53 bits per heavy atom. The highest BCUT2D eigenvalue weighted by molar-refractivity contribution is 4.88. The fraction of sp³-hybridized carbons (Fsp3) is 0.909. The Morgan fingerprint density at radius 2 is 2.27 bits per heavy atom. The molecule has 15 heavy (non-hydrogen) atoms. The summed E-state index contributed by atoms with van der Waals surface area (Å²) in [7, 11) is 2.19. The van der Waals surface area contributed by atoms with Crippen LogP contribution in [-0.4, -0.2) is 55.1 Å². The number of nitriles is 1. The highest BCUT2D eigenvalue weighted by atomic mass is 15.3. The van der Waals surface area contributed by atoms with Crippen molar-refractivity contribution in [2.75, 3.05) is 33.2 Å². The van der Waals surface area contributed by atoms with E-state index in [1.807, 2.05) is 0 Å². The van der Waals surface area contributed by atoms with Crippen molar-refractivity contribution < 1.29 is 0 Å². The van der Waals surface area contributed by atoms with Gasteiger partial charge in [0.2, 0.25) is 0 Å². The fourth-order valence-corrected chi connectivity index (χ4v) is 2.04. The van der Waals surface area contributed by atoms with Crippen molar-refractivity contribution in [2.24, 2.45) is 5.73 Å². The minimum atomic E-state index is -0.301. The van der Waals surface area contributed by atoms with Gasteiger partial charge in [0.05, 0.1) is 12.1 Å². The molecule has 0 amide bonds. The van der Waals surface area contributed by atoms with Gasteiger partial charge >= 0.3 is 0 Å². The van der Waals surface area contributed by atoms with E-state index in [4.69, 9.17) is 11.0 Å². The molecule has 0 aromatic carbocycles. The Hall–Kier alpha value is -0.630. The molecule has 2 N–H and O–H groups in total. The lowest BCUT2D eigenvalue weighted by atomic mass is 10.1. The maximum absolute atomic E-state index is 8.60. The van der Waals surface area contributed by atoms with Crippen molar-refractivity contribution in [3.05, 3.63) is 0 Å². The SMILES string of the molecule is CCC1CN(CCC(N)C#N)CCN1C. The largest absolute Gasteiger partial charge is 0.316 e. The molecule has 1 heterocycles. The number of rotatable bonds is 4. The first kappa shape index (κ1) is 12.4. The third kappa shape index (κ3) is 3.78. The molecule has 1 aliphatic heterocycles. The van der Waals surface area contributed by atoms with E-state index in [0.717, 1.165) is 32.6 Å². The average molecular weight is 210 g/mol. The second-order valence-electron chi connectivity index (χ2n) is 4.37. The Kier molecular flexibility index (Phi) is 5.03. The second kappa shape index (κ2) is 6.06. The summed E-state index contributed by atoms with van der Waals surface area (Å²) in [6.07, 6.45) is 1.98. The van der Waals surface area contributed by atoms with E-state index in [-0.39, 0.29) is 6.04 Å². The lowest BCUT2D eigenvalue weighted by Gasteiger charge is -2.39. The number of piperazine rings is 1. The van der Waals surface area contributed by atoms with Crippen molar-refractivity contribution >= 4 is 0 Å². The third-order valence-electron chi connectivity index (χ3n) is 3.25. The molecule has 0 bridgehead atoms. The molecule has 0 aromatic rings. The van der Waals surface area contributed by atoms with E-state index in [1.54, 1.807) is 0 Å². The number of hydrogen-bond acceptors (Lipinski definition) is 4. The van der Waals surface area contributed by atoms with Crippen LogP contribution in [0.1, 0.15) is 19.8 Å². The van der Waals surface area contributed by atoms with Crippen LogP contribution < -0.4 is 5.73 Å². The van der Waals surface area contributed by atoms with Crippen LogP contribution in [-0.2, 0) is 0 Å². The van der Waals surface area contributed by atoms with Gasteiger partial charge in [0.15, 0.2) is 0 Å². The van der Waals surface area contributed by atoms with Crippen LogP contribution in [0.5, 0.6) is 0 Å². The molecule has 0 saturated carbocycles. The summed E-state index contributed by atoms with van der Waals surface area (Å²) in [5, 5.41) is 8.60. The Morgan fingerprint density at radius 3 is 2.87 bits per heavy atom. The van der Waals surface area contributed by atoms with Crippen molar-refractivity contribution in [1.29, 1.82) is 5.26 Å². The number of hydrogen-bond donors (Lipinski definition) is 1. The van der Waals surface area contributed by atoms with Crippen LogP contribution in [0, 0.1) is 11.3 Å². The van der Waals surface area contributed by atoms with Gasteiger partial charge in [-0.1, -0.05) is 6.92 Å². The van der Waals surface area contributed by atoms with Gasteiger partial charge in [-0.15, -0.1) is 0 Å². The second-order valence-corrected chi connectivity index (χ2v) is 4.37. The van der Waals surface area contributed by atoms with Crippen molar-refractivity contribution in [1.82, 2.24) is 9.80 Å². The molecule has 1 saturated heterocycles. The zero-order valence-corrected chi connectivity index (χ0v) is 9.82. The summed E-state index contributed by atoms with van der Waals surface area (Å²) in [6.45, 7) is 6.53. The molecule has 0 aromatic heterocycles. The highest BCUT2D eigenvalue weighted by Crippen LogP contribution is 2.10. The molecular weight excluding hydrogens is 188 g/mol. The van der Waals surface area contributed by atoms with Crippen molar-refractivity contribution in [3.8, 4) is 6.07 Å². The van der Waals surface area contributed by atoms with Gasteiger partial charge in [0, 0.05) is 32.2 Å². The molecule has 86 valence electrons. The number of likely N-dealkylation sites (N-methyl/N-ethyl adjacent to an activating group) is 1. The van der Waals surface area contributed by atoms with Gasteiger partial charge in [-0.3, -0.25) is 0 Å². The Bertz CT molecular complexity index is 223. The van der Waals surface area contributed by atoms with E-state index < -0.39 is 0 Å². The van der Waals surface area contributed by atoms with Crippen molar-refractivity contribution in [3.63, 3.8) is 0 Å². The number of nitrogens with zero attached hydrogens (tertiary/aromatic N) is 3. The minimum Gasteiger partial charge on any atom is -0.316 e. The summed E-state index contributed by atoms with van der Waals surface area (Å²) < 4.78 is 0. The predicted octanol–water partition coefficient (Wildman–Crippen LogP) is 0.253. The molecule has 2 atom stereocenters. The summed E-state index contributed by atoms with van der Waals surface area (Å²) in [4.78, 5) is 4.84. The quantitative estimate of drug-likeness (QED) is 0.723. The third-order valence-corrected chi connectivity index (χ3v) is 3.25. The molecule has 1 aliphatic rings. The minimum absolute atomic E-state index is 0.301. The Balaban J connectivity index is 2.29. The average Bonchev–Trinajstić information content (AvgIpc) is 2.27. The first-order valence-corrected chi connectivity index (χ1v) is 5.75. The normalized spacial score (nSPS) is 26.1. The van der Waals surface area contributed by atoms with Crippen LogP contribution in [0.3, 0.4) is 0 Å². The summed E-state index contributed by atoms with van der Waals surface area (Å²) in [6, 6.07) is 2.44. The predicted molar refractivity (Wildman–Crippen MR) is 61.4 cm³/mol. The lowest BCUT2D eigenvalue weighted by Crippen LogP contribution is -2.51. The molecular formula is C11H22N4. The van der Waals surface area contributed by atoms with Gasteiger partial charge in [-0.05, 0) is 19.9 Å². The van der Waals surface area contributed by atoms with Crippen molar-refractivity contribution in [2.45, 2.75) is 31.8 Å². The van der Waals surface area contributed by atoms with E-state index in [9.17, 15) is 0 Å². The van der Waals surface area contributed by atoms with Gasteiger partial charge in [0.1, 0.15) is 0 Å². The van der Waals surface area contributed by atoms with Gasteiger partial charge in [0.25, 0.3) is 0 Å². The van der Waals surface area contributed by atoms with E-state index in [2.05, 4.69) is 29.8 Å². The molecule has 0 radical (unpaired) electrons. The van der Waals surface area contributed by atoms with Gasteiger partial charge in [-0.25, -0.2) is 0 Å². The van der Waals surface area contributed by atoms with E-state index in [0.29, 0.717) is 6.04 Å². The molecule has 4 nitrogen and oxygen atoms in total. The van der Waals surface area contributed by atoms with Gasteiger partial charge < -0.3 is 15.5 Å². The van der Waals surface area contributed by atoms with Crippen LogP contribution in [0.4, 0.5) is 0 Å². The first-order chi connectivity index (χ1) is 7.17. The maximum atomic E-state index is 8.60. The summed E-state index contributed by atoms with van der Waals surface area (Å²) in [5.41, 5.74) is 5.59. The monoisotopic (exact) mass is 210 g/mol. The molecule has 0 aliphatic carbocycles. The van der Waals surface area contributed by atoms with Crippen LogP contribution in [0.25, 0.3) is 0 Å². The zero-order chi connectivity index (χ0) is 11.3. The summed E-state index contributed by atoms with van der Waals surface area (Å²) >= 11 is 0. The summed E-state index contributed by atoms with van der Waals surface area (Å²) in [5.74, 6) is 0. The standard InChI is InChI=1S/C11H22N4/c1-3-11-9-15(7-6-14(11)2)5-4-10(13)8-12/h10-11H,3-7,9,13H2,1-2H3. The van der Waals surface area contributed by atoms with E-state index >= 15 is 0 Å². The van der Waals surface area contributed by atoms with Crippen LogP contribution in [0.2, 0.25) is 0 Å². The molecule has 2 unspecified atom stereocenters. The smallest absolute Gasteiger partial charge is 0.0940 e. The van der Waals surface area contributed by atoms with Crippen LogP contribution >= 0.6 is 0 Å². The zero-order valence-electron chi connectivity index (χ0n) is 9.82. The topological polar surface area (TPSA) is 56.3 Å². The first-order valence-electron chi connectivity index (χ1n) is 5.75. The highest BCUT2D eigenvalue weighted by Gasteiger charge is 2.22. The molecule has 1 rings (SSSR count). The van der Waals surface area contributed by atoms with E-state index in [1.165, 1.54) is 6.42 Å². The van der Waals surface area contributed by atoms with Crippen LogP contribution in [0.15, 0.2) is 0 Å².